The molecule has 0 aromatic carbocycles. The summed E-state index contributed by atoms with van der Waals surface area (Å²) < 4.78 is 24.3. The highest BCUT2D eigenvalue weighted by atomic mass is 32.2. The van der Waals surface area contributed by atoms with Crippen LogP contribution >= 0.6 is 0 Å². The SMILES string of the molecule is CCn1nc(C)c([N+](=O)[O-])c1N[C@@H]1CCS(=O)(=O)C1. The van der Waals surface area contributed by atoms with Crippen LogP contribution in [0.2, 0.25) is 0 Å². The predicted molar refractivity (Wildman–Crippen MR) is 70.0 cm³/mol. The van der Waals surface area contributed by atoms with E-state index in [1.54, 1.807) is 6.92 Å². The van der Waals surface area contributed by atoms with Gasteiger partial charge in [0.05, 0.1) is 16.4 Å². The van der Waals surface area contributed by atoms with E-state index in [2.05, 4.69) is 10.4 Å². The van der Waals surface area contributed by atoms with E-state index < -0.39 is 14.8 Å². The third-order valence-electron chi connectivity index (χ3n) is 3.15. The molecule has 1 fully saturated rings. The first-order chi connectivity index (χ1) is 8.84. The average Bonchev–Trinajstić information content (AvgIpc) is 2.79. The molecule has 1 saturated heterocycles. The molecule has 2 heterocycles. The minimum Gasteiger partial charge on any atom is -0.361 e. The molecule has 0 saturated carbocycles. The highest BCUT2D eigenvalue weighted by molar-refractivity contribution is 7.91. The van der Waals surface area contributed by atoms with E-state index in [9.17, 15) is 18.5 Å². The molecule has 1 aliphatic heterocycles. The summed E-state index contributed by atoms with van der Waals surface area (Å²) in [4.78, 5) is 10.6. The Bertz CT molecular complexity index is 607. The molecule has 0 amide bonds. The van der Waals surface area contributed by atoms with Gasteiger partial charge < -0.3 is 5.32 Å². The highest BCUT2D eigenvalue weighted by Crippen LogP contribution is 2.30. The molecule has 8 nitrogen and oxygen atoms in total. The van der Waals surface area contributed by atoms with E-state index >= 15 is 0 Å². The molecule has 0 unspecified atom stereocenters. The number of nitro groups is 1. The zero-order valence-corrected chi connectivity index (χ0v) is 11.6. The number of nitrogens with one attached hydrogen (secondary N) is 1. The fraction of sp³-hybridized carbons (Fsp3) is 0.700. The second-order valence-corrected chi connectivity index (χ2v) is 6.83. The Balaban J connectivity index is 2.31. The van der Waals surface area contributed by atoms with Crippen LogP contribution in [0.1, 0.15) is 19.0 Å². The Morgan fingerprint density at radius 3 is 2.74 bits per heavy atom. The third kappa shape index (κ3) is 2.70. The van der Waals surface area contributed by atoms with E-state index in [1.165, 1.54) is 4.68 Å². The lowest BCUT2D eigenvalue weighted by molar-refractivity contribution is -0.384. The monoisotopic (exact) mass is 288 g/mol. The number of rotatable bonds is 4. The first-order valence-electron chi connectivity index (χ1n) is 6.03. The van der Waals surface area contributed by atoms with Gasteiger partial charge in [0.25, 0.3) is 0 Å². The minimum absolute atomic E-state index is 0.0120. The van der Waals surface area contributed by atoms with Crippen LogP contribution in [0.25, 0.3) is 0 Å². The number of aryl methyl sites for hydroxylation is 2. The molecule has 2 rings (SSSR count). The van der Waals surface area contributed by atoms with E-state index in [1.807, 2.05) is 6.92 Å². The maximum atomic E-state index is 11.4. The lowest BCUT2D eigenvalue weighted by Crippen LogP contribution is -2.23. The largest absolute Gasteiger partial charge is 0.361 e. The van der Waals surface area contributed by atoms with Crippen molar-refractivity contribution in [2.45, 2.75) is 32.9 Å². The number of sulfone groups is 1. The molecular formula is C10H16N4O4S. The Morgan fingerprint density at radius 1 is 1.58 bits per heavy atom. The normalized spacial score (nSPS) is 21.5. The summed E-state index contributed by atoms with van der Waals surface area (Å²) in [5, 5.41) is 18.1. The summed E-state index contributed by atoms with van der Waals surface area (Å²) in [6.45, 7) is 3.88. The maximum absolute atomic E-state index is 11.4. The summed E-state index contributed by atoms with van der Waals surface area (Å²) in [6, 6.07) is -0.287. The number of nitrogens with zero attached hydrogens (tertiary/aromatic N) is 3. The van der Waals surface area contributed by atoms with E-state index in [4.69, 9.17) is 0 Å². The Kier molecular flexibility index (Phi) is 3.48. The fourth-order valence-corrected chi connectivity index (χ4v) is 3.94. The zero-order valence-electron chi connectivity index (χ0n) is 10.8. The van der Waals surface area contributed by atoms with Crippen molar-refractivity contribution in [3.63, 3.8) is 0 Å². The average molecular weight is 288 g/mol. The van der Waals surface area contributed by atoms with E-state index in [0.717, 1.165) is 0 Å². The van der Waals surface area contributed by atoms with Crippen molar-refractivity contribution in [2.24, 2.45) is 0 Å². The number of anilines is 1. The van der Waals surface area contributed by atoms with Gasteiger partial charge in [-0.2, -0.15) is 5.10 Å². The minimum atomic E-state index is -3.02. The van der Waals surface area contributed by atoms with Gasteiger partial charge in [-0.1, -0.05) is 0 Å². The molecule has 0 aliphatic carbocycles. The maximum Gasteiger partial charge on any atom is 0.333 e. The van der Waals surface area contributed by atoms with Crippen LogP contribution in [-0.4, -0.2) is 40.7 Å². The summed E-state index contributed by atoms with van der Waals surface area (Å²) >= 11 is 0. The molecular weight excluding hydrogens is 272 g/mol. The number of hydrogen-bond donors (Lipinski definition) is 1. The molecule has 1 aromatic heterocycles. The van der Waals surface area contributed by atoms with Crippen molar-refractivity contribution in [1.82, 2.24) is 9.78 Å². The van der Waals surface area contributed by atoms with Crippen LogP contribution in [0, 0.1) is 17.0 Å². The van der Waals surface area contributed by atoms with Gasteiger partial charge in [0.1, 0.15) is 5.69 Å². The zero-order chi connectivity index (χ0) is 14.2. The number of aromatic nitrogens is 2. The summed E-state index contributed by atoms with van der Waals surface area (Å²) in [7, 11) is -3.02. The van der Waals surface area contributed by atoms with Crippen LogP contribution < -0.4 is 5.32 Å². The molecule has 0 radical (unpaired) electrons. The topological polar surface area (TPSA) is 107 Å². The molecule has 1 aromatic rings. The Morgan fingerprint density at radius 2 is 2.26 bits per heavy atom. The van der Waals surface area contributed by atoms with Crippen molar-refractivity contribution < 1.29 is 13.3 Å². The first-order valence-corrected chi connectivity index (χ1v) is 7.85. The lowest BCUT2D eigenvalue weighted by Gasteiger charge is -2.12. The standard InChI is InChI=1S/C10H16N4O4S/c1-3-13-10(9(14(15)16)7(2)12-13)11-8-4-5-19(17,18)6-8/h8,11H,3-6H2,1-2H3/t8-/m1/s1. The summed E-state index contributed by atoms with van der Waals surface area (Å²) in [6.07, 6.45) is 0.466. The highest BCUT2D eigenvalue weighted by Gasteiger charge is 2.32. The van der Waals surface area contributed by atoms with Crippen LogP contribution in [0.3, 0.4) is 0 Å². The molecule has 9 heteroatoms. The molecule has 1 aliphatic rings. The van der Waals surface area contributed by atoms with Crippen molar-refractivity contribution >= 4 is 21.3 Å². The molecule has 1 atom stereocenters. The van der Waals surface area contributed by atoms with Crippen LogP contribution in [0.5, 0.6) is 0 Å². The van der Waals surface area contributed by atoms with Crippen molar-refractivity contribution in [1.29, 1.82) is 0 Å². The van der Waals surface area contributed by atoms with Crippen LogP contribution in [0.4, 0.5) is 11.5 Å². The van der Waals surface area contributed by atoms with Crippen molar-refractivity contribution in [3.8, 4) is 0 Å². The van der Waals surface area contributed by atoms with E-state index in [-0.39, 0.29) is 23.2 Å². The van der Waals surface area contributed by atoms with Gasteiger partial charge in [0.2, 0.25) is 5.82 Å². The van der Waals surface area contributed by atoms with Crippen molar-refractivity contribution in [2.75, 3.05) is 16.8 Å². The number of hydrogen-bond acceptors (Lipinski definition) is 6. The molecule has 106 valence electrons. The first kappa shape index (κ1) is 13.8. The van der Waals surface area contributed by atoms with Gasteiger partial charge in [-0.05, 0) is 20.3 Å². The van der Waals surface area contributed by atoms with Crippen LogP contribution in [0.15, 0.2) is 0 Å². The van der Waals surface area contributed by atoms with Gasteiger partial charge in [-0.15, -0.1) is 0 Å². The smallest absolute Gasteiger partial charge is 0.333 e. The molecule has 1 N–H and O–H groups in total. The lowest BCUT2D eigenvalue weighted by atomic mass is 10.2. The molecule has 19 heavy (non-hydrogen) atoms. The van der Waals surface area contributed by atoms with Gasteiger partial charge >= 0.3 is 5.69 Å². The Labute approximate surface area is 110 Å². The van der Waals surface area contributed by atoms with Gasteiger partial charge in [-0.25, -0.2) is 13.1 Å². The Hall–Kier alpha value is -1.64. The van der Waals surface area contributed by atoms with Crippen molar-refractivity contribution in [3.05, 3.63) is 15.8 Å². The molecule has 0 bridgehead atoms. The van der Waals surface area contributed by atoms with Gasteiger partial charge in [0, 0.05) is 12.6 Å². The predicted octanol–water partition coefficient (Wildman–Crippen LogP) is 0.719. The summed E-state index contributed by atoms with van der Waals surface area (Å²) in [5.41, 5.74) is 0.251. The van der Waals surface area contributed by atoms with Gasteiger partial charge in [-0.3, -0.25) is 10.1 Å². The third-order valence-corrected chi connectivity index (χ3v) is 4.92. The molecule has 0 spiro atoms. The second-order valence-electron chi connectivity index (χ2n) is 4.60. The van der Waals surface area contributed by atoms with E-state index in [0.29, 0.717) is 24.5 Å². The quantitative estimate of drug-likeness (QED) is 0.646. The van der Waals surface area contributed by atoms with Crippen LogP contribution in [-0.2, 0) is 16.4 Å². The summed E-state index contributed by atoms with van der Waals surface area (Å²) in [5.74, 6) is 0.433. The van der Waals surface area contributed by atoms with Gasteiger partial charge in [0.15, 0.2) is 9.84 Å². The second kappa shape index (κ2) is 4.80. The fourth-order valence-electron chi connectivity index (χ4n) is 2.26.